The molecule has 1 N–H and O–H groups in total. The van der Waals surface area contributed by atoms with Gasteiger partial charge in [0, 0.05) is 24.6 Å². The van der Waals surface area contributed by atoms with E-state index in [2.05, 4.69) is 19.2 Å². The highest BCUT2D eigenvalue weighted by Crippen LogP contribution is 2.33. The lowest BCUT2D eigenvalue weighted by atomic mass is 9.88. The second-order valence-electron chi connectivity index (χ2n) is 5.16. The molecule has 0 bridgehead atoms. The van der Waals surface area contributed by atoms with Gasteiger partial charge in [-0.05, 0) is 17.6 Å². The van der Waals surface area contributed by atoms with Crippen LogP contribution in [-0.4, -0.2) is 44.5 Å². The first kappa shape index (κ1) is 13.3. The molecule has 1 unspecified atom stereocenters. The zero-order valence-corrected chi connectivity index (χ0v) is 11.4. The Hall–Kier alpha value is 0.260. The quantitative estimate of drug-likeness (QED) is 0.814. The second kappa shape index (κ2) is 5.06. The second-order valence-corrected chi connectivity index (χ2v) is 8.45. The highest BCUT2D eigenvalue weighted by molar-refractivity contribution is 7.99. The molecule has 1 saturated heterocycles. The number of hydrogen-bond acceptors (Lipinski definition) is 4. The Morgan fingerprint density at radius 1 is 1.47 bits per heavy atom. The molecular formula is C10H21NO2S2. The molecule has 0 aliphatic carbocycles. The highest BCUT2D eigenvalue weighted by atomic mass is 32.2. The van der Waals surface area contributed by atoms with E-state index in [0.29, 0.717) is 18.0 Å². The molecule has 15 heavy (non-hydrogen) atoms. The fourth-order valence-electron chi connectivity index (χ4n) is 1.84. The third-order valence-corrected chi connectivity index (χ3v) is 5.09. The Morgan fingerprint density at radius 3 is 2.67 bits per heavy atom. The maximum atomic E-state index is 11.0. The minimum absolute atomic E-state index is 0.245. The van der Waals surface area contributed by atoms with Crippen LogP contribution in [0.15, 0.2) is 0 Å². The topological polar surface area (TPSA) is 46.2 Å². The van der Waals surface area contributed by atoms with Gasteiger partial charge in [0.15, 0.2) is 0 Å². The standard InChI is InChI=1S/C10H21NO2S2/c1-10(2)6-9(7-14-8-10)11-4-5-15(3,12)13/h9,11H,4-8H2,1-3H3. The molecule has 5 heteroatoms. The minimum atomic E-state index is -2.82. The van der Waals surface area contributed by atoms with E-state index in [9.17, 15) is 8.42 Å². The highest BCUT2D eigenvalue weighted by Gasteiger charge is 2.27. The van der Waals surface area contributed by atoms with E-state index in [1.165, 1.54) is 12.0 Å². The van der Waals surface area contributed by atoms with Crippen LogP contribution in [0.5, 0.6) is 0 Å². The van der Waals surface area contributed by atoms with Crippen molar-refractivity contribution in [2.75, 3.05) is 30.1 Å². The maximum absolute atomic E-state index is 11.0. The predicted octanol–water partition coefficient (Wildman–Crippen LogP) is 1.15. The molecular weight excluding hydrogens is 230 g/mol. The van der Waals surface area contributed by atoms with Crippen molar-refractivity contribution in [3.05, 3.63) is 0 Å². The number of thioether (sulfide) groups is 1. The van der Waals surface area contributed by atoms with Crippen molar-refractivity contribution in [2.45, 2.75) is 26.3 Å². The van der Waals surface area contributed by atoms with Crippen molar-refractivity contribution in [1.29, 1.82) is 0 Å². The molecule has 1 aliphatic heterocycles. The van der Waals surface area contributed by atoms with Crippen LogP contribution in [0.1, 0.15) is 20.3 Å². The van der Waals surface area contributed by atoms with E-state index in [0.717, 1.165) is 12.2 Å². The van der Waals surface area contributed by atoms with Crippen LogP contribution in [0.25, 0.3) is 0 Å². The van der Waals surface area contributed by atoms with Crippen LogP contribution in [0, 0.1) is 5.41 Å². The third kappa shape index (κ3) is 5.78. The van der Waals surface area contributed by atoms with E-state index >= 15 is 0 Å². The molecule has 0 aromatic heterocycles. The van der Waals surface area contributed by atoms with Gasteiger partial charge in [-0.2, -0.15) is 11.8 Å². The van der Waals surface area contributed by atoms with Crippen LogP contribution >= 0.6 is 11.8 Å². The summed E-state index contributed by atoms with van der Waals surface area (Å²) in [5, 5.41) is 3.33. The van der Waals surface area contributed by atoms with Gasteiger partial charge >= 0.3 is 0 Å². The van der Waals surface area contributed by atoms with Gasteiger partial charge in [-0.3, -0.25) is 0 Å². The van der Waals surface area contributed by atoms with Crippen molar-refractivity contribution < 1.29 is 8.42 Å². The third-order valence-electron chi connectivity index (χ3n) is 2.52. The van der Waals surface area contributed by atoms with Crippen LogP contribution in [0.4, 0.5) is 0 Å². The lowest BCUT2D eigenvalue weighted by molar-refractivity contribution is 0.321. The summed E-state index contributed by atoms with van der Waals surface area (Å²) in [7, 11) is -2.82. The molecule has 0 radical (unpaired) electrons. The summed E-state index contributed by atoms with van der Waals surface area (Å²) in [5.41, 5.74) is 0.381. The first-order valence-electron chi connectivity index (χ1n) is 5.27. The first-order chi connectivity index (χ1) is 6.79. The van der Waals surface area contributed by atoms with Crippen LogP contribution in [0.3, 0.4) is 0 Å². The zero-order valence-electron chi connectivity index (χ0n) is 9.75. The Bertz CT molecular complexity index is 299. The normalized spacial score (nSPS) is 26.5. The van der Waals surface area contributed by atoms with Crippen LogP contribution < -0.4 is 5.32 Å². The van der Waals surface area contributed by atoms with E-state index < -0.39 is 9.84 Å². The molecule has 3 nitrogen and oxygen atoms in total. The number of rotatable bonds is 4. The summed E-state index contributed by atoms with van der Waals surface area (Å²) >= 11 is 1.96. The van der Waals surface area contributed by atoms with Gasteiger partial charge in [0.2, 0.25) is 0 Å². The van der Waals surface area contributed by atoms with Crippen molar-refractivity contribution in [1.82, 2.24) is 5.32 Å². The van der Waals surface area contributed by atoms with Crippen molar-refractivity contribution in [3.8, 4) is 0 Å². The van der Waals surface area contributed by atoms with Gasteiger partial charge in [-0.15, -0.1) is 0 Å². The van der Waals surface area contributed by atoms with Crippen LogP contribution in [-0.2, 0) is 9.84 Å². The maximum Gasteiger partial charge on any atom is 0.148 e. The Labute approximate surface area is 97.3 Å². The largest absolute Gasteiger partial charge is 0.312 e. The molecule has 0 spiro atoms. The first-order valence-corrected chi connectivity index (χ1v) is 8.49. The van der Waals surface area contributed by atoms with Crippen molar-refractivity contribution in [3.63, 3.8) is 0 Å². The summed E-state index contributed by atoms with van der Waals surface area (Å²) in [6, 6.07) is 0.473. The average molecular weight is 251 g/mol. The molecule has 1 aliphatic rings. The molecule has 1 rings (SSSR count). The molecule has 1 fully saturated rings. The van der Waals surface area contributed by atoms with E-state index in [4.69, 9.17) is 0 Å². The fraction of sp³-hybridized carbons (Fsp3) is 1.00. The average Bonchev–Trinajstić information content (AvgIpc) is 1.99. The summed E-state index contributed by atoms with van der Waals surface area (Å²) in [4.78, 5) is 0. The number of sulfone groups is 1. The lowest BCUT2D eigenvalue weighted by Gasteiger charge is -2.35. The molecule has 0 aromatic rings. The molecule has 0 amide bonds. The summed E-state index contributed by atoms with van der Waals surface area (Å²) in [6.07, 6.45) is 2.43. The SMILES string of the molecule is CC1(C)CSCC(NCCS(C)(=O)=O)C1. The molecule has 0 aromatic carbocycles. The smallest absolute Gasteiger partial charge is 0.148 e. The summed E-state index contributed by atoms with van der Waals surface area (Å²) in [5.74, 6) is 2.55. The van der Waals surface area contributed by atoms with Crippen molar-refractivity contribution >= 4 is 21.6 Å². The van der Waals surface area contributed by atoms with E-state index in [1.807, 2.05) is 11.8 Å². The molecule has 90 valence electrons. The fourth-order valence-corrected chi connectivity index (χ4v) is 3.64. The summed E-state index contributed by atoms with van der Waals surface area (Å²) in [6.45, 7) is 5.12. The van der Waals surface area contributed by atoms with E-state index in [-0.39, 0.29) is 5.75 Å². The monoisotopic (exact) mass is 251 g/mol. The Kier molecular flexibility index (Phi) is 4.50. The molecule has 0 saturated carbocycles. The van der Waals surface area contributed by atoms with Gasteiger partial charge in [0.05, 0.1) is 5.75 Å². The minimum Gasteiger partial charge on any atom is -0.312 e. The molecule has 1 heterocycles. The molecule has 1 atom stereocenters. The van der Waals surface area contributed by atoms with Crippen molar-refractivity contribution in [2.24, 2.45) is 5.41 Å². The number of hydrogen-bond donors (Lipinski definition) is 1. The number of nitrogens with one attached hydrogen (secondary N) is 1. The Morgan fingerprint density at radius 2 is 2.13 bits per heavy atom. The Balaban J connectivity index is 2.28. The van der Waals surface area contributed by atoms with E-state index in [1.54, 1.807) is 0 Å². The summed E-state index contributed by atoms with van der Waals surface area (Å²) < 4.78 is 21.9. The van der Waals surface area contributed by atoms with Gasteiger partial charge in [0.1, 0.15) is 9.84 Å². The lowest BCUT2D eigenvalue weighted by Crippen LogP contribution is -2.41. The van der Waals surface area contributed by atoms with Crippen LogP contribution in [0.2, 0.25) is 0 Å². The van der Waals surface area contributed by atoms with Gasteiger partial charge < -0.3 is 5.32 Å². The predicted molar refractivity (Wildman–Crippen MR) is 67.2 cm³/mol. The van der Waals surface area contributed by atoms with Gasteiger partial charge in [-0.1, -0.05) is 13.8 Å². The zero-order chi connectivity index (χ0) is 11.5. The van der Waals surface area contributed by atoms with Gasteiger partial charge in [0.25, 0.3) is 0 Å². The van der Waals surface area contributed by atoms with Gasteiger partial charge in [-0.25, -0.2) is 8.42 Å².